The monoisotopic (exact) mass is 204 g/mol. The third-order valence-electron chi connectivity index (χ3n) is 2.54. The molecule has 0 aromatic heterocycles. The van der Waals surface area contributed by atoms with Gasteiger partial charge in [0.05, 0.1) is 6.10 Å². The SMILES string of the molecule is C[C@H](O)[C@@H]1O[C@@H](O)[C@H]2OC(C)(C)O[C@H]12. The summed E-state index contributed by atoms with van der Waals surface area (Å²) in [6, 6.07) is 0. The van der Waals surface area contributed by atoms with Crippen molar-refractivity contribution in [2.24, 2.45) is 0 Å². The van der Waals surface area contributed by atoms with E-state index in [1.807, 2.05) is 0 Å². The molecule has 82 valence electrons. The van der Waals surface area contributed by atoms with Gasteiger partial charge in [0.1, 0.15) is 18.3 Å². The zero-order valence-electron chi connectivity index (χ0n) is 8.51. The Bertz CT molecular complexity index is 225. The molecule has 0 aromatic rings. The Morgan fingerprint density at radius 2 is 1.79 bits per heavy atom. The first-order valence-electron chi connectivity index (χ1n) is 4.78. The maximum Gasteiger partial charge on any atom is 0.184 e. The molecule has 0 aromatic carbocycles. The highest BCUT2D eigenvalue weighted by Gasteiger charge is 2.55. The van der Waals surface area contributed by atoms with Gasteiger partial charge >= 0.3 is 0 Å². The molecule has 0 spiro atoms. The Kier molecular flexibility index (Phi) is 2.32. The molecule has 2 rings (SSSR count). The van der Waals surface area contributed by atoms with Crippen molar-refractivity contribution in [3.8, 4) is 0 Å². The van der Waals surface area contributed by atoms with Crippen molar-refractivity contribution in [3.63, 3.8) is 0 Å². The van der Waals surface area contributed by atoms with Crippen molar-refractivity contribution < 1.29 is 24.4 Å². The molecule has 0 saturated carbocycles. The lowest BCUT2D eigenvalue weighted by Crippen LogP contribution is -2.36. The molecular weight excluding hydrogens is 188 g/mol. The Morgan fingerprint density at radius 1 is 1.21 bits per heavy atom. The highest BCUT2D eigenvalue weighted by molar-refractivity contribution is 4.96. The Balaban J connectivity index is 2.15. The predicted octanol–water partition coefficient (Wildman–Crippen LogP) is -0.396. The Hall–Kier alpha value is -0.200. The van der Waals surface area contributed by atoms with E-state index in [1.54, 1.807) is 20.8 Å². The minimum absolute atomic E-state index is 0.389. The second-order valence-electron chi connectivity index (χ2n) is 4.30. The molecule has 2 fully saturated rings. The molecule has 0 aliphatic carbocycles. The molecule has 0 bridgehead atoms. The minimum Gasteiger partial charge on any atom is -0.391 e. The smallest absolute Gasteiger partial charge is 0.184 e. The van der Waals surface area contributed by atoms with Crippen molar-refractivity contribution in [2.75, 3.05) is 0 Å². The zero-order valence-corrected chi connectivity index (χ0v) is 8.51. The van der Waals surface area contributed by atoms with Crippen molar-refractivity contribution in [1.82, 2.24) is 0 Å². The lowest BCUT2D eigenvalue weighted by atomic mass is 10.1. The fourth-order valence-corrected chi connectivity index (χ4v) is 2.00. The third kappa shape index (κ3) is 1.55. The molecule has 5 nitrogen and oxygen atoms in total. The van der Waals surface area contributed by atoms with Crippen LogP contribution in [0.3, 0.4) is 0 Å². The molecule has 0 amide bonds. The topological polar surface area (TPSA) is 68.2 Å². The van der Waals surface area contributed by atoms with Crippen LogP contribution >= 0.6 is 0 Å². The molecule has 0 radical (unpaired) electrons. The normalized spacial score (nSPS) is 47.8. The fraction of sp³-hybridized carbons (Fsp3) is 1.00. The predicted molar refractivity (Wildman–Crippen MR) is 46.4 cm³/mol. The van der Waals surface area contributed by atoms with E-state index in [0.717, 1.165) is 0 Å². The molecule has 5 heteroatoms. The summed E-state index contributed by atoms with van der Waals surface area (Å²) >= 11 is 0. The fourth-order valence-electron chi connectivity index (χ4n) is 2.00. The van der Waals surface area contributed by atoms with Crippen LogP contribution < -0.4 is 0 Å². The molecule has 5 atom stereocenters. The summed E-state index contributed by atoms with van der Waals surface area (Å²) in [6.45, 7) is 5.16. The second kappa shape index (κ2) is 3.15. The van der Waals surface area contributed by atoms with Crippen LogP contribution in [0.2, 0.25) is 0 Å². The highest BCUT2D eigenvalue weighted by Crippen LogP contribution is 2.38. The molecule has 14 heavy (non-hydrogen) atoms. The molecule has 2 aliphatic heterocycles. The van der Waals surface area contributed by atoms with Gasteiger partial charge in [-0.3, -0.25) is 0 Å². The maximum atomic E-state index is 9.51. The van der Waals surface area contributed by atoms with Crippen LogP contribution in [0.5, 0.6) is 0 Å². The van der Waals surface area contributed by atoms with Crippen LogP contribution in [0, 0.1) is 0 Å². The van der Waals surface area contributed by atoms with Crippen LogP contribution in [0.1, 0.15) is 20.8 Å². The van der Waals surface area contributed by atoms with Crippen LogP contribution in [0.25, 0.3) is 0 Å². The van der Waals surface area contributed by atoms with Gasteiger partial charge in [0.25, 0.3) is 0 Å². The molecule has 0 unspecified atom stereocenters. The number of aliphatic hydroxyl groups excluding tert-OH is 2. The quantitative estimate of drug-likeness (QED) is 0.608. The van der Waals surface area contributed by atoms with E-state index in [0.29, 0.717) is 0 Å². The molecule has 2 aliphatic rings. The first-order valence-corrected chi connectivity index (χ1v) is 4.78. The van der Waals surface area contributed by atoms with Gasteiger partial charge in [-0.05, 0) is 20.8 Å². The number of rotatable bonds is 1. The summed E-state index contributed by atoms with van der Waals surface area (Å²) in [4.78, 5) is 0. The minimum atomic E-state index is -1.01. The standard InChI is InChI=1S/C9H16O5/c1-4(10)5-6-7(8(11)12-5)14-9(2,3)13-6/h4-8,10-11H,1-3H3/t4-,5-,6+,7-,8+/m0/s1. The van der Waals surface area contributed by atoms with Crippen LogP contribution in [-0.2, 0) is 14.2 Å². The number of ether oxygens (including phenoxy) is 3. The van der Waals surface area contributed by atoms with Crippen molar-refractivity contribution in [2.45, 2.75) is 57.3 Å². The van der Waals surface area contributed by atoms with Crippen LogP contribution in [-0.4, -0.2) is 46.7 Å². The molecule has 2 N–H and O–H groups in total. The van der Waals surface area contributed by atoms with Gasteiger partial charge in [-0.15, -0.1) is 0 Å². The lowest BCUT2D eigenvalue weighted by Gasteiger charge is -2.23. The summed E-state index contributed by atoms with van der Waals surface area (Å²) < 4.78 is 16.1. The van der Waals surface area contributed by atoms with Crippen LogP contribution in [0.15, 0.2) is 0 Å². The van der Waals surface area contributed by atoms with Gasteiger partial charge < -0.3 is 24.4 Å². The third-order valence-corrected chi connectivity index (χ3v) is 2.54. The summed E-state index contributed by atoms with van der Waals surface area (Å²) in [6.07, 6.45) is -3.10. The van der Waals surface area contributed by atoms with Crippen LogP contribution in [0.4, 0.5) is 0 Å². The molecular formula is C9H16O5. The Morgan fingerprint density at radius 3 is 2.36 bits per heavy atom. The van der Waals surface area contributed by atoms with Crippen molar-refractivity contribution >= 4 is 0 Å². The number of hydrogen-bond donors (Lipinski definition) is 2. The van der Waals surface area contributed by atoms with Gasteiger partial charge in [0.15, 0.2) is 12.1 Å². The van der Waals surface area contributed by atoms with Gasteiger partial charge in [0, 0.05) is 0 Å². The summed E-state index contributed by atoms with van der Waals surface area (Å²) in [5.41, 5.74) is 0. The Labute approximate surface area is 82.6 Å². The number of fused-ring (bicyclic) bond motifs is 1. The largest absolute Gasteiger partial charge is 0.391 e. The average Bonchev–Trinajstić information content (AvgIpc) is 2.47. The van der Waals surface area contributed by atoms with E-state index in [9.17, 15) is 10.2 Å². The number of aliphatic hydroxyl groups is 2. The van der Waals surface area contributed by atoms with Gasteiger partial charge in [-0.2, -0.15) is 0 Å². The van der Waals surface area contributed by atoms with Gasteiger partial charge in [-0.25, -0.2) is 0 Å². The van der Waals surface area contributed by atoms with E-state index in [4.69, 9.17) is 14.2 Å². The first kappa shape index (κ1) is 10.3. The summed E-state index contributed by atoms with van der Waals surface area (Å²) in [7, 11) is 0. The molecule has 2 saturated heterocycles. The summed E-state index contributed by atoms with van der Waals surface area (Å²) in [5, 5.41) is 18.9. The maximum absolute atomic E-state index is 9.51. The highest BCUT2D eigenvalue weighted by atomic mass is 16.8. The zero-order chi connectivity index (χ0) is 10.5. The number of hydrogen-bond acceptors (Lipinski definition) is 5. The lowest BCUT2D eigenvalue weighted by molar-refractivity contribution is -0.229. The van der Waals surface area contributed by atoms with Crippen molar-refractivity contribution in [1.29, 1.82) is 0 Å². The first-order chi connectivity index (χ1) is 6.41. The van der Waals surface area contributed by atoms with Gasteiger partial charge in [-0.1, -0.05) is 0 Å². The van der Waals surface area contributed by atoms with E-state index < -0.39 is 30.4 Å². The van der Waals surface area contributed by atoms with Gasteiger partial charge in [0.2, 0.25) is 0 Å². The van der Waals surface area contributed by atoms with E-state index in [-0.39, 0.29) is 6.10 Å². The van der Waals surface area contributed by atoms with E-state index in [1.165, 1.54) is 0 Å². The van der Waals surface area contributed by atoms with E-state index >= 15 is 0 Å². The van der Waals surface area contributed by atoms with E-state index in [2.05, 4.69) is 0 Å². The molecule has 2 heterocycles. The van der Waals surface area contributed by atoms with Crippen molar-refractivity contribution in [3.05, 3.63) is 0 Å². The summed E-state index contributed by atoms with van der Waals surface area (Å²) in [5.74, 6) is -0.715. The second-order valence-corrected chi connectivity index (χ2v) is 4.30. The average molecular weight is 204 g/mol.